The molecular formula is C26H26N2O4S2. The van der Waals surface area contributed by atoms with Gasteiger partial charge in [0.2, 0.25) is 5.91 Å². The molecule has 3 aliphatic rings. The molecule has 2 amide bonds. The van der Waals surface area contributed by atoms with Gasteiger partial charge in [-0.2, -0.15) is 0 Å². The molecule has 0 spiro atoms. The Morgan fingerprint density at radius 1 is 0.912 bits per heavy atom. The molecule has 0 unspecified atom stereocenters. The van der Waals surface area contributed by atoms with Crippen LogP contribution in [0.1, 0.15) is 43.5 Å². The normalized spacial score (nSPS) is 32.1. The van der Waals surface area contributed by atoms with Crippen LogP contribution in [0, 0.1) is 5.41 Å². The number of carbonyl (C=O) groups excluding carboxylic acids is 2. The predicted molar refractivity (Wildman–Crippen MR) is 133 cm³/mol. The zero-order valence-corrected chi connectivity index (χ0v) is 20.6. The van der Waals surface area contributed by atoms with E-state index in [1.54, 1.807) is 12.2 Å². The predicted octanol–water partition coefficient (Wildman–Crippen LogP) is 3.76. The fourth-order valence-corrected chi connectivity index (χ4v) is 9.70. The van der Waals surface area contributed by atoms with Gasteiger partial charge in [-0.3, -0.25) is 13.9 Å². The Balaban J connectivity index is 1.55. The molecule has 0 radical (unpaired) electrons. The summed E-state index contributed by atoms with van der Waals surface area (Å²) in [6.07, 6.45) is 3.48. The van der Waals surface area contributed by atoms with E-state index in [4.69, 9.17) is 0 Å². The number of hydrogen-bond donors (Lipinski definition) is 0. The zero-order chi connectivity index (χ0) is 24.2. The minimum atomic E-state index is -1.80. The topological polar surface area (TPSA) is 74.8 Å². The Morgan fingerprint density at radius 2 is 1.44 bits per heavy atom. The lowest BCUT2D eigenvalue weighted by atomic mass is 9.73. The highest BCUT2D eigenvalue weighted by Gasteiger charge is 2.67. The Kier molecular flexibility index (Phi) is 5.68. The third-order valence-corrected chi connectivity index (χ3v) is 11.2. The van der Waals surface area contributed by atoms with Crippen molar-refractivity contribution in [3.63, 3.8) is 0 Å². The minimum absolute atomic E-state index is 0.214. The maximum atomic E-state index is 13.9. The Morgan fingerprint density at radius 3 is 1.97 bits per heavy atom. The average molecular weight is 495 g/mol. The summed E-state index contributed by atoms with van der Waals surface area (Å²) >= 11 is 0. The van der Waals surface area contributed by atoms with Gasteiger partial charge < -0.3 is 0 Å². The monoisotopic (exact) mass is 494 g/mol. The molecule has 1 aliphatic carbocycles. The summed E-state index contributed by atoms with van der Waals surface area (Å²) in [6.45, 7) is 7.60. The lowest BCUT2D eigenvalue weighted by Crippen LogP contribution is -2.47. The van der Waals surface area contributed by atoms with Gasteiger partial charge in [0, 0.05) is 5.57 Å². The molecule has 2 aromatic carbocycles. The molecule has 2 saturated heterocycles. The van der Waals surface area contributed by atoms with Crippen LogP contribution in [0.15, 0.2) is 85.0 Å². The molecule has 0 saturated carbocycles. The second-order valence-electron chi connectivity index (χ2n) is 8.94. The van der Waals surface area contributed by atoms with Gasteiger partial charge in [0.05, 0.1) is 22.7 Å². The summed E-state index contributed by atoms with van der Waals surface area (Å²) in [5.41, 5.74) is 0.947. The number of amides is 2. The van der Waals surface area contributed by atoms with E-state index in [0.29, 0.717) is 5.57 Å². The van der Waals surface area contributed by atoms with Crippen molar-refractivity contribution in [1.82, 2.24) is 8.61 Å². The van der Waals surface area contributed by atoms with Gasteiger partial charge in [-0.25, -0.2) is 12.7 Å². The lowest BCUT2D eigenvalue weighted by molar-refractivity contribution is -0.134. The largest absolute Gasteiger partial charge is 0.273 e. The van der Waals surface area contributed by atoms with Gasteiger partial charge in [-0.1, -0.05) is 72.8 Å². The number of allylic oxidation sites excluding steroid dienone is 1. The first-order chi connectivity index (χ1) is 16.3. The Hall–Kier alpha value is -2.84. The maximum absolute atomic E-state index is 13.9. The molecule has 2 aliphatic heterocycles. The molecule has 2 heterocycles. The average Bonchev–Trinajstić information content (AvgIpc) is 3.26. The molecule has 7 atom stereocenters. The van der Waals surface area contributed by atoms with Gasteiger partial charge in [-0.05, 0) is 31.4 Å². The van der Waals surface area contributed by atoms with Crippen LogP contribution in [0.2, 0.25) is 0 Å². The van der Waals surface area contributed by atoms with E-state index in [2.05, 4.69) is 6.58 Å². The highest BCUT2D eigenvalue weighted by Crippen LogP contribution is 2.53. The Bertz CT molecular complexity index is 1250. The van der Waals surface area contributed by atoms with Crippen molar-refractivity contribution in [2.24, 2.45) is 5.41 Å². The van der Waals surface area contributed by atoms with Crippen LogP contribution in [0.3, 0.4) is 0 Å². The van der Waals surface area contributed by atoms with Crippen molar-refractivity contribution in [3.05, 3.63) is 96.1 Å². The molecule has 2 aromatic rings. The van der Waals surface area contributed by atoms with Crippen LogP contribution >= 0.6 is 0 Å². The van der Waals surface area contributed by atoms with Gasteiger partial charge in [0.1, 0.15) is 27.2 Å². The quantitative estimate of drug-likeness (QED) is 0.594. The lowest BCUT2D eigenvalue weighted by Gasteiger charge is -2.33. The van der Waals surface area contributed by atoms with Crippen molar-refractivity contribution in [2.75, 3.05) is 0 Å². The minimum Gasteiger partial charge on any atom is -0.273 e. The van der Waals surface area contributed by atoms with Crippen LogP contribution in [-0.4, -0.2) is 39.3 Å². The molecule has 6 nitrogen and oxygen atoms in total. The standard InChI is InChI=1S/C26H26N2O4S2/c1-4-26-16-15-21-22(33(31)27(24(21)29)17(2)19-11-7-5-8-12-19)23(26)34(32)28(25(26)30)18(3)20-13-9-6-10-14-20/h4-15,17-18,22-23H,1,16H2,2-3H3/t17-,18-,22+,23-,26+,33-,34+/m0/s1. The molecule has 2 fully saturated rings. The van der Waals surface area contributed by atoms with Crippen molar-refractivity contribution < 1.29 is 18.0 Å². The van der Waals surface area contributed by atoms with Gasteiger partial charge >= 0.3 is 0 Å². The van der Waals surface area contributed by atoms with Crippen LogP contribution in [0.4, 0.5) is 0 Å². The van der Waals surface area contributed by atoms with Gasteiger partial charge in [-0.15, -0.1) is 6.58 Å². The smallest absolute Gasteiger partial charge is 0.263 e. The van der Waals surface area contributed by atoms with E-state index >= 15 is 0 Å². The number of fused-ring (bicyclic) bond motifs is 3. The van der Waals surface area contributed by atoms with E-state index in [9.17, 15) is 18.0 Å². The van der Waals surface area contributed by atoms with Crippen molar-refractivity contribution in [1.29, 1.82) is 0 Å². The first-order valence-electron chi connectivity index (χ1n) is 11.3. The summed E-state index contributed by atoms with van der Waals surface area (Å²) in [5.74, 6) is -0.618. The fourth-order valence-electron chi connectivity index (χ4n) is 5.29. The fraction of sp³-hybridized carbons (Fsp3) is 0.308. The molecule has 0 N–H and O–H groups in total. The number of carbonyl (C=O) groups is 2. The SMILES string of the molecule is C=C[C@@]12CC=C3C(=O)N([C@@H](C)c4ccccc4)[S@@](=O)[C@H]3[C@@H]1[S@@](=O)N([C@@H](C)c1ccccc1)C2=O. The highest BCUT2D eigenvalue weighted by molar-refractivity contribution is 7.89. The first-order valence-corrected chi connectivity index (χ1v) is 13.6. The zero-order valence-electron chi connectivity index (χ0n) is 19.0. The number of hydrogen-bond acceptors (Lipinski definition) is 4. The van der Waals surface area contributed by atoms with Crippen molar-refractivity contribution in [3.8, 4) is 0 Å². The molecule has 0 bridgehead atoms. The van der Waals surface area contributed by atoms with E-state index in [-0.39, 0.29) is 18.2 Å². The summed E-state index contributed by atoms with van der Waals surface area (Å²) in [6, 6.07) is 18.0. The van der Waals surface area contributed by atoms with Crippen LogP contribution in [0.5, 0.6) is 0 Å². The molecule has 34 heavy (non-hydrogen) atoms. The second kappa shape index (κ2) is 8.43. The molecule has 5 rings (SSSR count). The van der Waals surface area contributed by atoms with E-state index in [1.807, 2.05) is 74.5 Å². The first kappa shape index (κ1) is 22.9. The molecule has 176 valence electrons. The van der Waals surface area contributed by atoms with Crippen molar-refractivity contribution in [2.45, 2.75) is 42.9 Å². The third kappa shape index (κ3) is 3.11. The number of rotatable bonds is 5. The van der Waals surface area contributed by atoms with Crippen LogP contribution in [-0.2, 0) is 31.6 Å². The molecule has 8 heteroatoms. The van der Waals surface area contributed by atoms with Gasteiger partial charge in [0.25, 0.3) is 5.91 Å². The van der Waals surface area contributed by atoms with Crippen LogP contribution < -0.4 is 0 Å². The number of nitrogens with zero attached hydrogens (tertiary/aromatic N) is 2. The second-order valence-corrected chi connectivity index (χ2v) is 11.8. The molecular weight excluding hydrogens is 468 g/mol. The maximum Gasteiger partial charge on any atom is 0.263 e. The summed E-state index contributed by atoms with van der Waals surface area (Å²) in [4.78, 5) is 27.2. The van der Waals surface area contributed by atoms with Gasteiger partial charge in [0.15, 0.2) is 0 Å². The van der Waals surface area contributed by atoms with Crippen molar-refractivity contribution >= 4 is 33.8 Å². The van der Waals surface area contributed by atoms with E-state index in [0.717, 1.165) is 11.1 Å². The Labute approximate surface area is 204 Å². The third-order valence-electron chi connectivity index (χ3n) is 7.25. The van der Waals surface area contributed by atoms with E-state index in [1.165, 1.54) is 8.61 Å². The highest BCUT2D eigenvalue weighted by atomic mass is 32.2. The summed E-state index contributed by atoms with van der Waals surface area (Å²) < 4.78 is 30.6. The van der Waals surface area contributed by atoms with Crippen LogP contribution in [0.25, 0.3) is 0 Å². The molecule has 0 aromatic heterocycles. The summed E-state index contributed by atoms with van der Waals surface area (Å²) in [7, 11) is -3.58. The number of benzene rings is 2. The van der Waals surface area contributed by atoms with E-state index < -0.39 is 50.0 Å². The summed E-state index contributed by atoms with van der Waals surface area (Å²) in [5, 5.41) is -1.65.